The Hall–Kier alpha value is -1.95. The maximum absolute atomic E-state index is 12.4. The summed E-state index contributed by atoms with van der Waals surface area (Å²) in [6.45, 7) is 5.56. The number of nitrogens with zero attached hydrogens (tertiary/aromatic N) is 3. The third kappa shape index (κ3) is 3.44. The van der Waals surface area contributed by atoms with Crippen molar-refractivity contribution in [3.8, 4) is 0 Å². The van der Waals surface area contributed by atoms with E-state index in [-0.39, 0.29) is 5.91 Å². The topological polar surface area (TPSA) is 58.1 Å². The van der Waals surface area contributed by atoms with E-state index in [0.29, 0.717) is 6.04 Å². The highest BCUT2D eigenvalue weighted by molar-refractivity contribution is 7.13. The molecule has 0 bridgehead atoms. The van der Waals surface area contributed by atoms with Crippen LogP contribution in [0.1, 0.15) is 33.1 Å². The summed E-state index contributed by atoms with van der Waals surface area (Å²) in [4.78, 5) is 24.7. The summed E-state index contributed by atoms with van der Waals surface area (Å²) in [6, 6.07) is 6.25. The van der Waals surface area contributed by atoms with Crippen molar-refractivity contribution in [1.29, 1.82) is 0 Å². The Morgan fingerprint density at radius 2 is 2.05 bits per heavy atom. The Morgan fingerprint density at radius 3 is 2.68 bits per heavy atom. The number of likely N-dealkylation sites (tertiary alicyclic amines) is 1. The molecule has 22 heavy (non-hydrogen) atoms. The molecule has 3 heterocycles. The minimum Gasteiger partial charge on any atom is -0.367 e. The van der Waals surface area contributed by atoms with Crippen molar-refractivity contribution in [1.82, 2.24) is 14.9 Å². The molecular weight excluding hydrogens is 296 g/mol. The fourth-order valence-electron chi connectivity index (χ4n) is 2.67. The highest BCUT2D eigenvalue weighted by atomic mass is 32.1. The van der Waals surface area contributed by atoms with Crippen molar-refractivity contribution in [2.24, 2.45) is 0 Å². The Morgan fingerprint density at radius 1 is 1.27 bits per heavy atom. The van der Waals surface area contributed by atoms with Gasteiger partial charge in [-0.3, -0.25) is 4.79 Å². The van der Waals surface area contributed by atoms with Gasteiger partial charge in [-0.05, 0) is 38.8 Å². The Bertz CT molecular complexity index is 662. The molecule has 3 rings (SSSR count). The summed E-state index contributed by atoms with van der Waals surface area (Å²) in [5, 5.41) is 3.44. The zero-order valence-corrected chi connectivity index (χ0v) is 13.7. The van der Waals surface area contributed by atoms with Gasteiger partial charge in [0.1, 0.15) is 12.1 Å². The molecule has 0 spiro atoms. The lowest BCUT2D eigenvalue weighted by Gasteiger charge is -2.32. The first-order chi connectivity index (χ1) is 10.6. The Balaban J connectivity index is 1.55. The van der Waals surface area contributed by atoms with Crippen LogP contribution in [0.4, 0.5) is 5.82 Å². The van der Waals surface area contributed by atoms with Crippen LogP contribution in [0, 0.1) is 13.8 Å². The maximum Gasteiger partial charge on any atom is 0.263 e. The van der Waals surface area contributed by atoms with E-state index < -0.39 is 0 Å². The first-order valence-corrected chi connectivity index (χ1v) is 8.34. The van der Waals surface area contributed by atoms with Crippen LogP contribution < -0.4 is 5.32 Å². The van der Waals surface area contributed by atoms with Crippen molar-refractivity contribution < 1.29 is 4.79 Å². The second-order valence-corrected chi connectivity index (χ2v) is 6.95. The number of carbonyl (C=O) groups excluding carboxylic acids is 1. The van der Waals surface area contributed by atoms with Crippen LogP contribution in [0.25, 0.3) is 0 Å². The number of aryl methyl sites for hydroxylation is 2. The van der Waals surface area contributed by atoms with Crippen LogP contribution in [0.2, 0.25) is 0 Å². The molecule has 1 N–H and O–H groups in total. The number of hydrogen-bond donors (Lipinski definition) is 1. The number of carbonyl (C=O) groups is 1. The van der Waals surface area contributed by atoms with Crippen molar-refractivity contribution in [3.05, 3.63) is 40.0 Å². The van der Waals surface area contributed by atoms with Gasteiger partial charge in [0.25, 0.3) is 5.91 Å². The lowest BCUT2D eigenvalue weighted by molar-refractivity contribution is 0.0723. The number of thiophene rings is 1. The second-order valence-electron chi connectivity index (χ2n) is 5.67. The Labute approximate surface area is 134 Å². The molecule has 0 saturated carbocycles. The molecule has 0 unspecified atom stereocenters. The second kappa shape index (κ2) is 6.44. The minimum atomic E-state index is 0.162. The van der Waals surface area contributed by atoms with Crippen molar-refractivity contribution in [3.63, 3.8) is 0 Å². The highest BCUT2D eigenvalue weighted by Crippen LogP contribution is 2.21. The number of amides is 1. The van der Waals surface area contributed by atoms with Gasteiger partial charge in [-0.15, -0.1) is 11.3 Å². The van der Waals surface area contributed by atoms with Crippen LogP contribution >= 0.6 is 11.3 Å². The number of piperidine rings is 1. The molecule has 0 radical (unpaired) electrons. The monoisotopic (exact) mass is 316 g/mol. The van der Waals surface area contributed by atoms with Gasteiger partial charge in [0.2, 0.25) is 0 Å². The lowest BCUT2D eigenvalue weighted by atomic mass is 10.0. The SMILES string of the molecule is Cc1cc(NC2CCN(C(=O)c3ccc(C)s3)CC2)ncn1. The first-order valence-electron chi connectivity index (χ1n) is 7.53. The molecule has 1 fully saturated rings. The van der Waals surface area contributed by atoms with Gasteiger partial charge in [0, 0.05) is 35.8 Å². The van der Waals surface area contributed by atoms with E-state index in [1.807, 2.05) is 36.9 Å². The van der Waals surface area contributed by atoms with Crippen molar-refractivity contribution in [2.75, 3.05) is 18.4 Å². The van der Waals surface area contributed by atoms with E-state index in [1.165, 1.54) is 4.88 Å². The van der Waals surface area contributed by atoms with E-state index in [4.69, 9.17) is 0 Å². The van der Waals surface area contributed by atoms with Gasteiger partial charge >= 0.3 is 0 Å². The fourth-order valence-corrected chi connectivity index (χ4v) is 3.51. The molecule has 6 heteroatoms. The van der Waals surface area contributed by atoms with E-state index in [0.717, 1.165) is 42.3 Å². The van der Waals surface area contributed by atoms with Crippen molar-refractivity contribution in [2.45, 2.75) is 32.7 Å². The number of hydrogen-bond acceptors (Lipinski definition) is 5. The largest absolute Gasteiger partial charge is 0.367 e. The normalized spacial score (nSPS) is 15.8. The molecule has 1 aliphatic rings. The first kappa shape index (κ1) is 15.0. The van der Waals surface area contributed by atoms with Gasteiger partial charge in [-0.1, -0.05) is 0 Å². The predicted octanol–water partition coefficient (Wildman–Crippen LogP) is 2.87. The van der Waals surface area contributed by atoms with Crippen LogP contribution in [0.15, 0.2) is 24.5 Å². The minimum absolute atomic E-state index is 0.162. The summed E-state index contributed by atoms with van der Waals surface area (Å²) in [6.07, 6.45) is 3.47. The quantitative estimate of drug-likeness (QED) is 0.946. The zero-order valence-electron chi connectivity index (χ0n) is 12.9. The van der Waals surface area contributed by atoms with E-state index in [1.54, 1.807) is 17.7 Å². The molecule has 1 saturated heterocycles. The van der Waals surface area contributed by atoms with Crippen LogP contribution in [0.5, 0.6) is 0 Å². The molecule has 1 amide bonds. The van der Waals surface area contributed by atoms with Gasteiger partial charge in [-0.25, -0.2) is 9.97 Å². The average Bonchev–Trinajstić information content (AvgIpc) is 2.94. The molecule has 116 valence electrons. The summed E-state index contributed by atoms with van der Waals surface area (Å²) in [7, 11) is 0. The van der Waals surface area contributed by atoms with E-state index >= 15 is 0 Å². The summed E-state index contributed by atoms with van der Waals surface area (Å²) < 4.78 is 0. The number of rotatable bonds is 3. The summed E-state index contributed by atoms with van der Waals surface area (Å²) >= 11 is 1.57. The van der Waals surface area contributed by atoms with Gasteiger partial charge in [0.05, 0.1) is 4.88 Å². The molecule has 5 nitrogen and oxygen atoms in total. The molecular formula is C16H20N4OS. The molecule has 0 aliphatic carbocycles. The smallest absolute Gasteiger partial charge is 0.263 e. The van der Waals surface area contributed by atoms with Crippen LogP contribution in [-0.4, -0.2) is 39.9 Å². The molecule has 0 atom stereocenters. The number of nitrogens with one attached hydrogen (secondary N) is 1. The molecule has 0 aromatic carbocycles. The standard InChI is InChI=1S/C16H20N4OS/c1-11-9-15(18-10-17-11)19-13-5-7-20(8-6-13)16(21)14-4-3-12(2)22-14/h3-4,9-10,13H,5-8H2,1-2H3,(H,17,18,19). The van der Waals surface area contributed by atoms with Gasteiger partial charge in [-0.2, -0.15) is 0 Å². The number of anilines is 1. The van der Waals surface area contributed by atoms with E-state index in [9.17, 15) is 4.79 Å². The average molecular weight is 316 g/mol. The maximum atomic E-state index is 12.4. The van der Waals surface area contributed by atoms with Gasteiger partial charge < -0.3 is 10.2 Å². The number of aromatic nitrogens is 2. The zero-order chi connectivity index (χ0) is 15.5. The third-order valence-electron chi connectivity index (χ3n) is 3.89. The van der Waals surface area contributed by atoms with Gasteiger partial charge in [0.15, 0.2) is 0 Å². The molecule has 1 aliphatic heterocycles. The highest BCUT2D eigenvalue weighted by Gasteiger charge is 2.24. The Kier molecular flexibility index (Phi) is 4.38. The van der Waals surface area contributed by atoms with Crippen LogP contribution in [0.3, 0.4) is 0 Å². The molecule has 2 aromatic heterocycles. The summed E-state index contributed by atoms with van der Waals surface area (Å²) in [5.74, 6) is 1.03. The lowest BCUT2D eigenvalue weighted by Crippen LogP contribution is -2.42. The van der Waals surface area contributed by atoms with Crippen LogP contribution in [-0.2, 0) is 0 Å². The van der Waals surface area contributed by atoms with Crippen molar-refractivity contribution >= 4 is 23.1 Å². The summed E-state index contributed by atoms with van der Waals surface area (Å²) in [5.41, 5.74) is 0.957. The van der Waals surface area contributed by atoms with E-state index in [2.05, 4.69) is 15.3 Å². The molecule has 2 aromatic rings. The predicted molar refractivity (Wildman–Crippen MR) is 88.4 cm³/mol. The fraction of sp³-hybridized carbons (Fsp3) is 0.438. The third-order valence-corrected chi connectivity index (χ3v) is 4.88.